The van der Waals surface area contributed by atoms with E-state index in [1.807, 2.05) is 0 Å². The number of H-pyrrole nitrogens is 1. The number of methoxy groups -OCH3 is 1. The number of rotatable bonds is 2. The highest BCUT2D eigenvalue weighted by molar-refractivity contribution is 5.80. The maximum absolute atomic E-state index is 11.2. The van der Waals surface area contributed by atoms with Crippen LogP contribution in [0, 0.1) is 0 Å². The van der Waals surface area contributed by atoms with Crippen LogP contribution in [0.1, 0.15) is 19.7 Å². The molecule has 1 heterocycles. The van der Waals surface area contributed by atoms with Crippen molar-refractivity contribution in [3.63, 3.8) is 0 Å². The lowest BCUT2D eigenvalue weighted by Gasteiger charge is -2.17. The second-order valence-corrected chi connectivity index (χ2v) is 2.95. The number of carbonyl (C=O) groups excluding carboxylic acids is 1. The Balaban J connectivity index is 2.93. The van der Waals surface area contributed by atoms with E-state index in [2.05, 4.69) is 19.9 Å². The lowest BCUT2D eigenvalue weighted by Crippen LogP contribution is -2.31. The number of esters is 1. The molecule has 1 aromatic rings. The molecule has 1 aromatic heterocycles. The number of aromatic amines is 1. The van der Waals surface area contributed by atoms with Crippen molar-refractivity contribution < 1.29 is 9.53 Å². The van der Waals surface area contributed by atoms with E-state index >= 15 is 0 Å². The molecular weight excluding hydrogens is 158 g/mol. The van der Waals surface area contributed by atoms with Crippen LogP contribution in [0.15, 0.2) is 6.33 Å². The van der Waals surface area contributed by atoms with Crippen LogP contribution in [0.25, 0.3) is 0 Å². The smallest absolute Gasteiger partial charge is 0.318 e. The second kappa shape index (κ2) is 2.92. The molecule has 0 aliphatic carbocycles. The van der Waals surface area contributed by atoms with E-state index in [1.165, 1.54) is 13.4 Å². The van der Waals surface area contributed by atoms with Crippen LogP contribution in [0.3, 0.4) is 0 Å². The summed E-state index contributed by atoms with van der Waals surface area (Å²) in [6, 6.07) is 0. The maximum atomic E-state index is 11.2. The van der Waals surface area contributed by atoms with E-state index < -0.39 is 5.41 Å². The third kappa shape index (κ3) is 1.30. The number of hydrogen-bond donors (Lipinski definition) is 1. The zero-order chi connectivity index (χ0) is 9.19. The number of nitrogens with zero attached hydrogens (tertiary/aromatic N) is 2. The standard InChI is InChI=1S/C7H11N3O2/c1-7(2,6(11)12-3)5-8-4-9-10-5/h4H,1-3H3,(H,8,9,10). The van der Waals surface area contributed by atoms with Crippen LogP contribution < -0.4 is 0 Å². The van der Waals surface area contributed by atoms with Crippen molar-refractivity contribution in [3.05, 3.63) is 12.2 Å². The van der Waals surface area contributed by atoms with Gasteiger partial charge in [-0.05, 0) is 13.8 Å². The van der Waals surface area contributed by atoms with Crippen LogP contribution in [0.5, 0.6) is 0 Å². The molecule has 0 bridgehead atoms. The second-order valence-electron chi connectivity index (χ2n) is 2.95. The fourth-order valence-corrected chi connectivity index (χ4v) is 0.858. The molecule has 0 saturated carbocycles. The average Bonchev–Trinajstić information content (AvgIpc) is 2.55. The summed E-state index contributed by atoms with van der Waals surface area (Å²) in [5, 5.41) is 6.29. The van der Waals surface area contributed by atoms with Gasteiger partial charge in [-0.1, -0.05) is 0 Å². The Bertz CT molecular complexity index is 266. The largest absolute Gasteiger partial charge is 0.468 e. The number of aromatic nitrogens is 3. The Morgan fingerprint density at radius 1 is 1.67 bits per heavy atom. The summed E-state index contributed by atoms with van der Waals surface area (Å²) in [7, 11) is 1.35. The molecule has 0 amide bonds. The molecule has 0 aliphatic heterocycles. The number of carbonyl (C=O) groups is 1. The molecule has 12 heavy (non-hydrogen) atoms. The monoisotopic (exact) mass is 169 g/mol. The molecular formula is C7H11N3O2. The lowest BCUT2D eigenvalue weighted by atomic mass is 9.93. The third-order valence-corrected chi connectivity index (χ3v) is 1.70. The Morgan fingerprint density at radius 3 is 2.75 bits per heavy atom. The zero-order valence-corrected chi connectivity index (χ0v) is 7.29. The van der Waals surface area contributed by atoms with Gasteiger partial charge in [0.2, 0.25) is 0 Å². The molecule has 66 valence electrons. The van der Waals surface area contributed by atoms with Crippen molar-refractivity contribution in [1.29, 1.82) is 0 Å². The first-order chi connectivity index (χ1) is 5.59. The molecule has 0 unspecified atom stereocenters. The lowest BCUT2D eigenvalue weighted by molar-refractivity contribution is -0.146. The zero-order valence-electron chi connectivity index (χ0n) is 7.29. The molecule has 0 spiro atoms. The van der Waals surface area contributed by atoms with Crippen LogP contribution >= 0.6 is 0 Å². The van der Waals surface area contributed by atoms with Gasteiger partial charge in [0.15, 0.2) is 0 Å². The van der Waals surface area contributed by atoms with Crippen molar-refractivity contribution in [1.82, 2.24) is 15.2 Å². The highest BCUT2D eigenvalue weighted by atomic mass is 16.5. The predicted octanol–water partition coefficient (Wildman–Crippen LogP) is 0.255. The van der Waals surface area contributed by atoms with E-state index in [9.17, 15) is 4.79 Å². The number of hydrogen-bond acceptors (Lipinski definition) is 4. The summed E-state index contributed by atoms with van der Waals surface area (Å²) in [6.45, 7) is 3.44. The fraction of sp³-hybridized carbons (Fsp3) is 0.571. The third-order valence-electron chi connectivity index (χ3n) is 1.70. The molecule has 0 radical (unpaired) electrons. The molecule has 0 aromatic carbocycles. The Morgan fingerprint density at radius 2 is 2.33 bits per heavy atom. The molecule has 5 heteroatoms. The van der Waals surface area contributed by atoms with Crippen molar-refractivity contribution in [3.8, 4) is 0 Å². The van der Waals surface area contributed by atoms with Crippen molar-refractivity contribution in [2.45, 2.75) is 19.3 Å². The van der Waals surface area contributed by atoms with Crippen molar-refractivity contribution in [2.24, 2.45) is 0 Å². The molecule has 0 atom stereocenters. The van der Waals surface area contributed by atoms with E-state index in [-0.39, 0.29) is 5.97 Å². The van der Waals surface area contributed by atoms with E-state index in [0.29, 0.717) is 5.82 Å². The number of nitrogens with one attached hydrogen (secondary N) is 1. The van der Waals surface area contributed by atoms with Gasteiger partial charge < -0.3 is 4.74 Å². The van der Waals surface area contributed by atoms with Crippen LogP contribution in [0.2, 0.25) is 0 Å². The molecule has 1 rings (SSSR count). The quantitative estimate of drug-likeness (QED) is 0.644. The summed E-state index contributed by atoms with van der Waals surface area (Å²) in [6.07, 6.45) is 1.36. The van der Waals surface area contributed by atoms with Crippen molar-refractivity contribution in [2.75, 3.05) is 7.11 Å². The minimum atomic E-state index is -0.759. The normalized spacial score (nSPS) is 11.2. The van der Waals surface area contributed by atoms with Crippen LogP contribution in [-0.4, -0.2) is 28.3 Å². The molecule has 1 N–H and O–H groups in total. The van der Waals surface area contributed by atoms with Gasteiger partial charge in [0.25, 0.3) is 0 Å². The van der Waals surface area contributed by atoms with Crippen LogP contribution in [-0.2, 0) is 14.9 Å². The summed E-state index contributed by atoms with van der Waals surface area (Å²) in [4.78, 5) is 15.1. The van der Waals surface area contributed by atoms with Crippen molar-refractivity contribution >= 4 is 5.97 Å². The Hall–Kier alpha value is -1.39. The summed E-state index contributed by atoms with van der Waals surface area (Å²) < 4.78 is 4.61. The van der Waals surface area contributed by atoms with Gasteiger partial charge in [-0.25, -0.2) is 4.98 Å². The first-order valence-corrected chi connectivity index (χ1v) is 3.53. The molecule has 0 aliphatic rings. The minimum Gasteiger partial charge on any atom is -0.468 e. The van der Waals surface area contributed by atoms with Gasteiger partial charge in [0, 0.05) is 0 Å². The summed E-state index contributed by atoms with van der Waals surface area (Å²) in [5.41, 5.74) is -0.759. The van der Waals surface area contributed by atoms with Gasteiger partial charge in [0.1, 0.15) is 17.6 Å². The molecule has 5 nitrogen and oxygen atoms in total. The van der Waals surface area contributed by atoms with Gasteiger partial charge in [-0.15, -0.1) is 0 Å². The van der Waals surface area contributed by atoms with Gasteiger partial charge in [-0.2, -0.15) is 5.10 Å². The molecule has 0 saturated heterocycles. The van der Waals surface area contributed by atoms with Gasteiger partial charge in [0.05, 0.1) is 7.11 Å². The van der Waals surface area contributed by atoms with Gasteiger partial charge in [-0.3, -0.25) is 9.89 Å². The maximum Gasteiger partial charge on any atom is 0.318 e. The highest BCUT2D eigenvalue weighted by Gasteiger charge is 2.33. The van der Waals surface area contributed by atoms with E-state index in [0.717, 1.165) is 0 Å². The van der Waals surface area contributed by atoms with Gasteiger partial charge >= 0.3 is 5.97 Å². The minimum absolute atomic E-state index is 0.334. The van der Waals surface area contributed by atoms with E-state index in [1.54, 1.807) is 13.8 Å². The SMILES string of the molecule is COC(=O)C(C)(C)c1ncn[nH]1. The topological polar surface area (TPSA) is 67.9 Å². The summed E-state index contributed by atoms with van der Waals surface area (Å²) >= 11 is 0. The Kier molecular flexibility index (Phi) is 2.12. The molecule has 0 fully saturated rings. The summed E-state index contributed by atoms with van der Waals surface area (Å²) in [5.74, 6) is 0.175. The van der Waals surface area contributed by atoms with Crippen LogP contribution in [0.4, 0.5) is 0 Å². The fourth-order valence-electron chi connectivity index (χ4n) is 0.858. The van der Waals surface area contributed by atoms with E-state index in [4.69, 9.17) is 0 Å². The Labute approximate surface area is 70.1 Å². The number of ether oxygens (including phenoxy) is 1. The average molecular weight is 169 g/mol. The highest BCUT2D eigenvalue weighted by Crippen LogP contribution is 2.19. The first-order valence-electron chi connectivity index (χ1n) is 3.53. The predicted molar refractivity (Wildman–Crippen MR) is 41.4 cm³/mol. The first kappa shape index (κ1) is 8.70.